The number of aliphatic hydroxyl groups is 2. The van der Waals surface area contributed by atoms with Gasteiger partial charge >= 0.3 is 29.8 Å². The number of anilines is 2. The maximum absolute atomic E-state index is 14.7. The number of carbonyl (C=O) groups is 6. The first-order valence-corrected chi connectivity index (χ1v) is 44.7. The minimum Gasteiger partial charge on any atom is -0.480 e. The Kier molecular flexibility index (Phi) is 38.4. The average molecular weight is 1800 g/mol. The number of fused-ring (bicyclic) bond motifs is 6. The van der Waals surface area contributed by atoms with Gasteiger partial charge in [-0.15, -0.1) is 11.8 Å². The summed E-state index contributed by atoms with van der Waals surface area (Å²) < 4.78 is 56.3. The highest BCUT2D eigenvalue weighted by molar-refractivity contribution is 6.09. The normalized spacial score (nSPS) is 18.7. The van der Waals surface area contributed by atoms with Crippen LogP contribution in [0, 0.1) is 82.9 Å². The van der Waals surface area contributed by atoms with Crippen molar-refractivity contribution in [3.05, 3.63) is 307 Å². The molecule has 133 heavy (non-hydrogen) atoms. The highest BCUT2D eigenvalue weighted by Gasteiger charge is 2.33. The summed E-state index contributed by atoms with van der Waals surface area (Å²) in [5.41, 5.74) is 14.2. The second-order valence-corrected chi connectivity index (χ2v) is 32.5. The lowest BCUT2D eigenvalue weighted by Crippen LogP contribution is -2.39. The number of ether oxygens (including phenoxy) is 3. The second-order valence-electron chi connectivity index (χ2n) is 32.5. The Labute approximate surface area is 775 Å². The molecule has 0 fully saturated rings. The Hall–Kier alpha value is -14.2. The molecule has 22 heteroatoms. The number of hydrogen-bond donors (Lipinski definition) is 6. The van der Waals surface area contributed by atoms with Gasteiger partial charge < -0.3 is 59.5 Å². The number of aliphatic carboxylic acids is 2. The third kappa shape index (κ3) is 32.1. The van der Waals surface area contributed by atoms with Crippen LogP contribution in [0.15, 0.2) is 224 Å². The highest BCUT2D eigenvalue weighted by Crippen LogP contribution is 2.33. The van der Waals surface area contributed by atoms with Crippen LogP contribution in [-0.4, -0.2) is 128 Å². The number of amides is 2. The van der Waals surface area contributed by atoms with Crippen LogP contribution in [0.25, 0.3) is 0 Å². The Morgan fingerprint density at radius 2 is 0.985 bits per heavy atom. The number of oxime groups is 1. The van der Waals surface area contributed by atoms with Gasteiger partial charge in [-0.05, 0) is 194 Å². The molecule has 0 aromatic heterocycles. The topological polar surface area (TPSA) is 280 Å². The summed E-state index contributed by atoms with van der Waals surface area (Å²) >= 11 is 0. The van der Waals surface area contributed by atoms with Crippen molar-refractivity contribution in [2.45, 2.75) is 210 Å². The van der Waals surface area contributed by atoms with Crippen molar-refractivity contribution < 1.29 is 91.6 Å². The maximum Gasteiger partial charge on any atom is 0.335 e. The van der Waals surface area contributed by atoms with E-state index >= 15 is 0 Å². The van der Waals surface area contributed by atoms with Gasteiger partial charge in [0, 0.05) is 91.7 Å². The molecule has 5 aliphatic carbocycles. The Bertz CT molecular complexity index is 6050. The molecule has 9 aromatic carbocycles. The van der Waals surface area contributed by atoms with E-state index in [0.29, 0.717) is 62.9 Å². The van der Waals surface area contributed by atoms with Gasteiger partial charge in [0.1, 0.15) is 25.4 Å². The summed E-state index contributed by atoms with van der Waals surface area (Å²) in [6.07, 6.45) is 15.6. The highest BCUT2D eigenvalue weighted by atomic mass is 19.3. The van der Waals surface area contributed by atoms with Crippen molar-refractivity contribution in [1.82, 2.24) is 0 Å². The minimum atomic E-state index is -2.97. The van der Waals surface area contributed by atoms with E-state index < -0.39 is 54.3 Å². The van der Waals surface area contributed by atoms with E-state index in [9.17, 15) is 52.2 Å². The fourth-order valence-corrected chi connectivity index (χ4v) is 15.3. The van der Waals surface area contributed by atoms with Crippen LogP contribution in [-0.2, 0) is 66.0 Å². The predicted molar refractivity (Wildman–Crippen MR) is 504 cm³/mol. The van der Waals surface area contributed by atoms with E-state index in [0.717, 1.165) is 160 Å². The lowest BCUT2D eigenvalue weighted by atomic mass is 9.89. The van der Waals surface area contributed by atoms with E-state index in [1.165, 1.54) is 31.4 Å². The van der Waals surface area contributed by atoms with Crippen molar-refractivity contribution in [3.8, 4) is 82.9 Å². The van der Waals surface area contributed by atoms with Crippen molar-refractivity contribution in [1.29, 1.82) is 0 Å². The number of para-hydroxylation sites is 2. The summed E-state index contributed by atoms with van der Waals surface area (Å²) in [5, 5.41) is 58.1. The van der Waals surface area contributed by atoms with Gasteiger partial charge in [0.05, 0.1) is 72.3 Å². The Morgan fingerprint density at radius 1 is 0.481 bits per heavy atom. The number of nitrogens with zero attached hydrogens (tertiary/aromatic N) is 3. The van der Waals surface area contributed by atoms with Crippen LogP contribution < -0.4 is 9.80 Å². The van der Waals surface area contributed by atoms with Crippen LogP contribution >= 0.6 is 0 Å². The minimum absolute atomic E-state index is 0.00668. The lowest BCUT2D eigenvalue weighted by molar-refractivity contribution is -0.145. The van der Waals surface area contributed by atoms with Gasteiger partial charge in [-0.1, -0.05) is 229 Å². The number of carboxylic acid groups (broad SMARTS) is 4. The number of alkyl halides is 3. The van der Waals surface area contributed by atoms with Crippen LogP contribution in [0.2, 0.25) is 0 Å². The molecule has 0 spiro atoms. The second kappa shape index (κ2) is 51.4. The molecule has 17 rings (SSSR count). The van der Waals surface area contributed by atoms with Gasteiger partial charge in [0.15, 0.2) is 11.8 Å². The predicted octanol–water partition coefficient (Wildman–Crippen LogP) is 19.3. The zero-order chi connectivity index (χ0) is 94.2. The van der Waals surface area contributed by atoms with E-state index in [2.05, 4.69) is 82.1 Å². The molecule has 0 radical (unpaired) electrons. The van der Waals surface area contributed by atoms with E-state index in [-0.39, 0.29) is 68.2 Å². The molecule has 6 unspecified atom stereocenters. The summed E-state index contributed by atoms with van der Waals surface area (Å²) in [7, 11) is 0. The molecule has 682 valence electrons. The molecule has 0 saturated heterocycles. The molecule has 6 atom stereocenters. The summed E-state index contributed by atoms with van der Waals surface area (Å²) in [5.74, 6) is 34.3. The zero-order valence-corrected chi connectivity index (χ0v) is 74.2. The maximum atomic E-state index is 14.7. The number of hydrogen-bond acceptors (Lipinski definition) is 13. The van der Waals surface area contributed by atoms with Crippen LogP contribution in [0.4, 0.5) is 24.5 Å². The quantitative estimate of drug-likeness (QED) is 0.0462. The molecule has 0 saturated carbocycles. The zero-order valence-electron chi connectivity index (χ0n) is 74.2. The molecule has 3 heterocycles. The number of aliphatic hydroxyl groups excluding tert-OH is 2. The van der Waals surface area contributed by atoms with E-state index in [1.807, 2.05) is 176 Å². The van der Waals surface area contributed by atoms with Gasteiger partial charge in [-0.2, -0.15) is 8.78 Å². The first-order chi connectivity index (χ1) is 64.4. The van der Waals surface area contributed by atoms with Gasteiger partial charge in [0.25, 0.3) is 5.91 Å². The fourth-order valence-electron chi connectivity index (χ4n) is 15.3. The number of carboxylic acids is 4. The molecular weight excluding hydrogens is 1690 g/mol. The van der Waals surface area contributed by atoms with Crippen LogP contribution in [0.1, 0.15) is 245 Å². The van der Waals surface area contributed by atoms with E-state index in [4.69, 9.17) is 39.5 Å². The fraction of sp³-hybridized carbons (Fsp3) is 0.324. The van der Waals surface area contributed by atoms with Crippen molar-refractivity contribution in [2.75, 3.05) is 29.6 Å². The Morgan fingerprint density at radius 3 is 1.62 bits per heavy atom. The third-order valence-electron chi connectivity index (χ3n) is 22.4. The third-order valence-corrected chi connectivity index (χ3v) is 22.4. The number of rotatable bonds is 17. The number of benzene rings is 9. The Balaban J connectivity index is 0.000000152. The lowest BCUT2D eigenvalue weighted by Gasteiger charge is -2.27. The molecule has 6 N–H and O–H groups in total. The monoisotopic (exact) mass is 1790 g/mol. The SMILES string of the molecule is CC(=O)N1Cc2ccccc2C#Cc2ccccc21.O=C(O)COC1C#CCCCCC1.O=C(O)COC1CCC#CC(F)(F)CC1.O=C(O)c1ccc(CC2(F)C#CCCCCC2)cc1.O=C(O)c1ccc(COC2C#CCCCCC2)cc1.O=C1c2ccccc2C#Cc2ccccc2N1CC1CC(c2ccc(CO)cc2)=NO1.OC1Cc2ccccc2C#Cc2ccccc21. The molecule has 8 aliphatic rings. The standard InChI is InChI=1S/C26H20N2O3.C17H13NO.C16H17FO2.C16H18O3.C16H12O.C10H12F2O3.C10H14O3/c29-17-18-9-11-20(12-10-18)24-15-22(31-27-24)16-28-25-8-4-2-6-21(25)14-13-19-5-1-3-7-23(19)26(28)30;1-13(19)18-12-16-8-3-2-6-14(16)10-11-15-7-4-5-9-17(15)18;17-16(10-4-2-1-3-5-11-16)12-13-6-8-14(9-7-13)15(18)19;17-16(18)14-10-8-13(9-11-14)12-19-15-6-4-2-1-3-5-7-15;17-16-11-14-7-2-1-5-12(14)9-10-13-6-3-4-8-15(13)16;11-10(12)5-2-1-3-8(4-6-10)15-7-9(13)14;11-10(12)8-13-9-6-4-2-1-3-5-7-9/h1-12,22,29H,15-17H2;2-9H,12H2,1H3;6-9H,1-4,10,12H2,(H,18,19);8-11,15H,1-4,6,12H2,(H,17,18);1-8,16-17H,11H2;8H,1,3-4,6-7H2,(H,13,14);9H,1-4,6,8H2,(H,11,12). The molecule has 19 nitrogen and oxygen atoms in total. The molecule has 0 bridgehead atoms. The number of halogens is 3. The number of aromatic carboxylic acids is 2. The molecule has 2 amide bonds. The van der Waals surface area contributed by atoms with Crippen molar-refractivity contribution in [3.63, 3.8) is 0 Å². The number of carbonyl (C=O) groups excluding carboxylic acids is 2. The summed E-state index contributed by atoms with van der Waals surface area (Å²) in [4.78, 5) is 76.6. The van der Waals surface area contributed by atoms with Crippen LogP contribution in [0.3, 0.4) is 0 Å². The van der Waals surface area contributed by atoms with Gasteiger partial charge in [-0.3, -0.25) is 9.59 Å². The first kappa shape index (κ1) is 99.4. The molecule has 3 aliphatic heterocycles. The first-order valence-electron chi connectivity index (χ1n) is 44.7. The van der Waals surface area contributed by atoms with Crippen LogP contribution in [0.5, 0.6) is 0 Å². The van der Waals surface area contributed by atoms with E-state index in [1.54, 1.807) is 53.1 Å². The average Bonchev–Trinajstić information content (AvgIpc) is 1.83. The van der Waals surface area contributed by atoms with Crippen molar-refractivity contribution >= 4 is 52.8 Å². The summed E-state index contributed by atoms with van der Waals surface area (Å²) in [6.45, 7) is 2.34. The van der Waals surface area contributed by atoms with Gasteiger partial charge in [-0.25, -0.2) is 23.6 Å². The van der Waals surface area contributed by atoms with Gasteiger partial charge in [0.2, 0.25) is 5.91 Å². The molecule has 9 aromatic rings. The largest absolute Gasteiger partial charge is 0.480 e. The summed E-state index contributed by atoms with van der Waals surface area (Å²) in [6, 6.07) is 67.4. The smallest absolute Gasteiger partial charge is 0.335 e. The molecular formula is C111H106F3N3O16. The van der Waals surface area contributed by atoms with Crippen molar-refractivity contribution in [2.24, 2.45) is 5.16 Å².